The van der Waals surface area contributed by atoms with E-state index >= 15 is 0 Å². The molecule has 2 rings (SSSR count). The molecule has 1 saturated carbocycles. The predicted molar refractivity (Wildman–Crippen MR) is 74.3 cm³/mol. The fourth-order valence-electron chi connectivity index (χ4n) is 2.36. The molecule has 1 aliphatic carbocycles. The van der Waals surface area contributed by atoms with Crippen LogP contribution in [0.25, 0.3) is 0 Å². The molecule has 20 heavy (non-hydrogen) atoms. The summed E-state index contributed by atoms with van der Waals surface area (Å²) in [5.41, 5.74) is 0.400. The third-order valence-corrected chi connectivity index (χ3v) is 4.52. The van der Waals surface area contributed by atoms with Gasteiger partial charge in [-0.05, 0) is 18.4 Å². The largest absolute Gasteiger partial charge is 0.480 e. The fraction of sp³-hybridized carbons (Fsp3) is 0.462. The van der Waals surface area contributed by atoms with Gasteiger partial charge in [0, 0.05) is 6.04 Å². The van der Waals surface area contributed by atoms with Gasteiger partial charge < -0.3 is 5.11 Å². The van der Waals surface area contributed by atoms with Crippen molar-refractivity contribution in [2.75, 3.05) is 0 Å². The highest BCUT2D eigenvalue weighted by Crippen LogP contribution is 2.19. The Morgan fingerprint density at radius 3 is 2.35 bits per heavy atom. The summed E-state index contributed by atoms with van der Waals surface area (Å²) in [4.78, 5) is 11.3. The number of hydrogen-bond acceptors (Lipinski definition) is 3. The van der Waals surface area contributed by atoms with E-state index in [0.717, 1.165) is 25.7 Å². The third kappa shape index (κ3) is 4.03. The Labute approximate surface area is 118 Å². The van der Waals surface area contributed by atoms with Crippen LogP contribution in [0.2, 0.25) is 0 Å². The summed E-state index contributed by atoms with van der Waals surface area (Å²) in [5, 5.41) is 9.20. The molecule has 1 aromatic rings. The lowest BCUT2D eigenvalue weighted by Crippen LogP contribution is -2.45. The van der Waals surface area contributed by atoms with Gasteiger partial charge in [0.25, 0.3) is 10.2 Å². The van der Waals surface area contributed by atoms with Crippen molar-refractivity contribution >= 4 is 16.2 Å². The molecule has 1 aromatic carbocycles. The summed E-state index contributed by atoms with van der Waals surface area (Å²) < 4.78 is 28.7. The second kappa shape index (κ2) is 6.34. The van der Waals surface area contributed by atoms with Crippen molar-refractivity contribution in [1.29, 1.82) is 0 Å². The molecule has 0 radical (unpaired) electrons. The second-order valence-electron chi connectivity index (χ2n) is 4.90. The Hall–Kier alpha value is -1.44. The van der Waals surface area contributed by atoms with E-state index in [1.54, 1.807) is 30.3 Å². The number of hydrogen-bond donors (Lipinski definition) is 3. The fourth-order valence-corrected chi connectivity index (χ4v) is 3.65. The Morgan fingerprint density at radius 1 is 1.20 bits per heavy atom. The molecule has 7 heteroatoms. The van der Waals surface area contributed by atoms with E-state index in [0.29, 0.717) is 5.56 Å². The SMILES string of the molecule is O=C(O)[C@H](NS(=O)(=O)NC1CCCC1)c1ccccc1. The molecule has 6 nitrogen and oxygen atoms in total. The molecule has 0 bridgehead atoms. The van der Waals surface area contributed by atoms with Gasteiger partial charge in [-0.2, -0.15) is 17.9 Å². The minimum atomic E-state index is -3.84. The molecular formula is C13H18N2O4S. The van der Waals surface area contributed by atoms with Crippen LogP contribution >= 0.6 is 0 Å². The highest BCUT2D eigenvalue weighted by molar-refractivity contribution is 7.87. The molecule has 0 aliphatic heterocycles. The van der Waals surface area contributed by atoms with Crippen molar-refractivity contribution in [3.63, 3.8) is 0 Å². The molecule has 0 spiro atoms. The summed E-state index contributed by atoms with van der Waals surface area (Å²) in [6.45, 7) is 0. The predicted octanol–water partition coefficient (Wildman–Crippen LogP) is 1.18. The summed E-state index contributed by atoms with van der Waals surface area (Å²) in [7, 11) is -3.84. The monoisotopic (exact) mass is 298 g/mol. The minimum Gasteiger partial charge on any atom is -0.480 e. The molecule has 1 aliphatic rings. The average Bonchev–Trinajstić information content (AvgIpc) is 2.89. The van der Waals surface area contributed by atoms with Gasteiger partial charge >= 0.3 is 5.97 Å². The minimum absolute atomic E-state index is 0.0993. The van der Waals surface area contributed by atoms with Crippen LogP contribution in [0.15, 0.2) is 30.3 Å². The average molecular weight is 298 g/mol. The summed E-state index contributed by atoms with van der Waals surface area (Å²) in [6, 6.07) is 6.86. The maximum atomic E-state index is 12.0. The van der Waals surface area contributed by atoms with Crippen LogP contribution in [0.4, 0.5) is 0 Å². The maximum Gasteiger partial charge on any atom is 0.326 e. The van der Waals surface area contributed by atoms with Gasteiger partial charge in [-0.25, -0.2) is 0 Å². The molecule has 0 unspecified atom stereocenters. The smallest absolute Gasteiger partial charge is 0.326 e. The molecule has 0 amide bonds. The van der Waals surface area contributed by atoms with Crippen LogP contribution in [-0.4, -0.2) is 25.5 Å². The number of rotatable bonds is 6. The lowest BCUT2D eigenvalue weighted by Gasteiger charge is -2.18. The first-order valence-corrected chi connectivity index (χ1v) is 8.03. The highest BCUT2D eigenvalue weighted by atomic mass is 32.2. The standard InChI is InChI=1S/C13H18N2O4S/c16-13(17)12(10-6-2-1-3-7-10)15-20(18,19)14-11-8-4-5-9-11/h1-3,6-7,11-12,14-15H,4-5,8-9H2,(H,16,17)/t12-/m1/s1. The van der Waals surface area contributed by atoms with Crippen molar-refractivity contribution in [3.05, 3.63) is 35.9 Å². The number of nitrogens with one attached hydrogen (secondary N) is 2. The van der Waals surface area contributed by atoms with E-state index < -0.39 is 22.2 Å². The zero-order chi connectivity index (χ0) is 14.6. The number of benzene rings is 1. The third-order valence-electron chi connectivity index (χ3n) is 3.33. The lowest BCUT2D eigenvalue weighted by molar-refractivity contribution is -0.139. The summed E-state index contributed by atoms with van der Waals surface area (Å²) in [5.74, 6) is -1.23. The molecule has 1 fully saturated rings. The molecule has 0 aromatic heterocycles. The maximum absolute atomic E-state index is 12.0. The Morgan fingerprint density at radius 2 is 1.80 bits per heavy atom. The summed E-state index contributed by atoms with van der Waals surface area (Å²) in [6.07, 6.45) is 3.58. The van der Waals surface area contributed by atoms with Crippen LogP contribution in [0.3, 0.4) is 0 Å². The van der Waals surface area contributed by atoms with Crippen molar-refractivity contribution < 1.29 is 18.3 Å². The van der Waals surface area contributed by atoms with Crippen LogP contribution in [0.1, 0.15) is 37.3 Å². The summed E-state index contributed by atoms with van der Waals surface area (Å²) >= 11 is 0. The van der Waals surface area contributed by atoms with Crippen molar-refractivity contribution in [2.24, 2.45) is 0 Å². The van der Waals surface area contributed by atoms with Gasteiger partial charge in [0.1, 0.15) is 6.04 Å². The van der Waals surface area contributed by atoms with E-state index in [2.05, 4.69) is 9.44 Å². The Balaban J connectivity index is 2.09. The first-order valence-electron chi connectivity index (χ1n) is 6.55. The van der Waals surface area contributed by atoms with E-state index in [1.807, 2.05) is 0 Å². The van der Waals surface area contributed by atoms with E-state index in [4.69, 9.17) is 0 Å². The first-order chi connectivity index (χ1) is 9.48. The van der Waals surface area contributed by atoms with Crippen LogP contribution < -0.4 is 9.44 Å². The quantitative estimate of drug-likeness (QED) is 0.735. The second-order valence-corrected chi connectivity index (χ2v) is 6.38. The Bertz CT molecular complexity index is 553. The normalized spacial score (nSPS) is 18.0. The van der Waals surface area contributed by atoms with Gasteiger partial charge in [-0.1, -0.05) is 43.2 Å². The molecular weight excluding hydrogens is 280 g/mol. The van der Waals surface area contributed by atoms with Gasteiger partial charge in [0.05, 0.1) is 0 Å². The van der Waals surface area contributed by atoms with Gasteiger partial charge in [-0.3, -0.25) is 4.79 Å². The van der Waals surface area contributed by atoms with Crippen molar-refractivity contribution in [2.45, 2.75) is 37.8 Å². The van der Waals surface area contributed by atoms with Crippen LogP contribution in [0, 0.1) is 0 Å². The number of aliphatic carboxylic acids is 1. The van der Waals surface area contributed by atoms with Crippen molar-refractivity contribution in [1.82, 2.24) is 9.44 Å². The molecule has 3 N–H and O–H groups in total. The van der Waals surface area contributed by atoms with Gasteiger partial charge in [-0.15, -0.1) is 0 Å². The van der Waals surface area contributed by atoms with Crippen LogP contribution in [0.5, 0.6) is 0 Å². The van der Waals surface area contributed by atoms with E-state index in [9.17, 15) is 18.3 Å². The molecule has 0 saturated heterocycles. The lowest BCUT2D eigenvalue weighted by atomic mass is 10.1. The van der Waals surface area contributed by atoms with Gasteiger partial charge in [0.15, 0.2) is 0 Å². The van der Waals surface area contributed by atoms with Crippen molar-refractivity contribution in [3.8, 4) is 0 Å². The van der Waals surface area contributed by atoms with E-state index in [-0.39, 0.29) is 6.04 Å². The zero-order valence-electron chi connectivity index (χ0n) is 11.0. The topological polar surface area (TPSA) is 95.5 Å². The zero-order valence-corrected chi connectivity index (χ0v) is 11.8. The first kappa shape index (κ1) is 15.0. The molecule has 110 valence electrons. The van der Waals surface area contributed by atoms with E-state index in [1.165, 1.54) is 0 Å². The molecule has 0 heterocycles. The Kier molecular flexibility index (Phi) is 4.74. The number of carboxylic acids is 1. The number of carboxylic acid groups (broad SMARTS) is 1. The van der Waals surface area contributed by atoms with Gasteiger partial charge in [0.2, 0.25) is 0 Å². The number of carbonyl (C=O) groups is 1. The highest BCUT2D eigenvalue weighted by Gasteiger charge is 2.28. The van der Waals surface area contributed by atoms with Crippen LogP contribution in [-0.2, 0) is 15.0 Å². The molecule has 1 atom stereocenters.